The van der Waals surface area contributed by atoms with Gasteiger partial charge in [-0.15, -0.1) is 0 Å². The number of carboxylic acids is 1. The van der Waals surface area contributed by atoms with Crippen LogP contribution in [0.2, 0.25) is 0 Å². The first-order valence-electron chi connectivity index (χ1n) is 4.01. The molecule has 0 aliphatic rings. The van der Waals surface area contributed by atoms with E-state index in [1.165, 1.54) is 6.07 Å². The van der Waals surface area contributed by atoms with Crippen molar-refractivity contribution >= 4 is 21.9 Å². The van der Waals surface area contributed by atoms with Gasteiger partial charge >= 0.3 is 12.1 Å². The minimum absolute atomic E-state index is 0.308. The SMILES string of the molecule is O=C(O)C(O)c1cccc(Br)c1C(F)(F)F. The Labute approximate surface area is 96.6 Å². The van der Waals surface area contributed by atoms with Crippen molar-refractivity contribution in [2.75, 3.05) is 0 Å². The molecule has 0 radical (unpaired) electrons. The molecule has 0 aliphatic heterocycles. The predicted octanol–water partition coefficient (Wildman–Crippen LogP) is 2.59. The molecule has 0 aromatic heterocycles. The molecule has 0 amide bonds. The third kappa shape index (κ3) is 2.53. The van der Waals surface area contributed by atoms with E-state index in [1.54, 1.807) is 0 Å². The molecule has 0 heterocycles. The smallest absolute Gasteiger partial charge is 0.417 e. The van der Waals surface area contributed by atoms with Gasteiger partial charge in [0.2, 0.25) is 0 Å². The van der Waals surface area contributed by atoms with Crippen LogP contribution < -0.4 is 0 Å². The summed E-state index contributed by atoms with van der Waals surface area (Å²) in [6.07, 6.45) is -6.93. The molecule has 1 atom stereocenters. The third-order valence-corrected chi connectivity index (χ3v) is 2.52. The van der Waals surface area contributed by atoms with E-state index in [1.807, 2.05) is 0 Å². The Balaban J connectivity index is 3.40. The van der Waals surface area contributed by atoms with E-state index >= 15 is 0 Å². The maximum absolute atomic E-state index is 12.6. The highest BCUT2D eigenvalue weighted by atomic mass is 79.9. The van der Waals surface area contributed by atoms with E-state index in [4.69, 9.17) is 10.2 Å². The molecule has 0 fully saturated rings. The Hall–Kier alpha value is -1.08. The third-order valence-electron chi connectivity index (χ3n) is 1.86. The molecule has 16 heavy (non-hydrogen) atoms. The molecular formula is C9H6BrF3O3. The zero-order valence-corrected chi connectivity index (χ0v) is 9.21. The second-order valence-electron chi connectivity index (χ2n) is 2.94. The van der Waals surface area contributed by atoms with Gasteiger partial charge in [0.05, 0.1) is 5.56 Å². The van der Waals surface area contributed by atoms with E-state index in [9.17, 15) is 18.0 Å². The Morgan fingerprint density at radius 2 is 1.94 bits per heavy atom. The molecule has 1 aromatic carbocycles. The highest BCUT2D eigenvalue weighted by molar-refractivity contribution is 9.10. The number of hydrogen-bond acceptors (Lipinski definition) is 2. The number of carboxylic acid groups (broad SMARTS) is 1. The van der Waals surface area contributed by atoms with Crippen LogP contribution in [0.25, 0.3) is 0 Å². The molecule has 7 heteroatoms. The van der Waals surface area contributed by atoms with E-state index in [2.05, 4.69) is 15.9 Å². The van der Waals surface area contributed by atoms with Gasteiger partial charge in [-0.3, -0.25) is 0 Å². The monoisotopic (exact) mass is 298 g/mol. The van der Waals surface area contributed by atoms with Crippen LogP contribution in [-0.4, -0.2) is 16.2 Å². The van der Waals surface area contributed by atoms with E-state index in [-0.39, 0.29) is 4.47 Å². The molecule has 1 rings (SSSR count). The van der Waals surface area contributed by atoms with Gasteiger partial charge in [-0.2, -0.15) is 13.2 Å². The van der Waals surface area contributed by atoms with Gasteiger partial charge in [-0.25, -0.2) is 4.79 Å². The maximum atomic E-state index is 12.6. The molecule has 0 spiro atoms. The molecular weight excluding hydrogens is 293 g/mol. The van der Waals surface area contributed by atoms with Gasteiger partial charge in [-0.05, 0) is 6.07 Å². The lowest BCUT2D eigenvalue weighted by atomic mass is 10.0. The topological polar surface area (TPSA) is 57.5 Å². The Morgan fingerprint density at radius 3 is 2.38 bits per heavy atom. The van der Waals surface area contributed by atoms with E-state index in [0.717, 1.165) is 12.1 Å². The molecule has 3 nitrogen and oxygen atoms in total. The highest BCUT2D eigenvalue weighted by Gasteiger charge is 2.38. The zero-order chi connectivity index (χ0) is 12.5. The number of aliphatic hydroxyl groups excluding tert-OH is 1. The van der Waals surface area contributed by atoms with Crippen molar-refractivity contribution in [3.63, 3.8) is 0 Å². The van der Waals surface area contributed by atoms with Gasteiger partial charge in [0.15, 0.2) is 6.10 Å². The summed E-state index contributed by atoms with van der Waals surface area (Å²) in [6.45, 7) is 0. The minimum Gasteiger partial charge on any atom is -0.479 e. The summed E-state index contributed by atoms with van der Waals surface area (Å²) < 4.78 is 37.5. The van der Waals surface area contributed by atoms with Gasteiger partial charge in [0, 0.05) is 10.0 Å². The van der Waals surface area contributed by atoms with Gasteiger partial charge < -0.3 is 10.2 Å². The normalized spacial score (nSPS) is 13.6. The lowest BCUT2D eigenvalue weighted by Crippen LogP contribution is -2.18. The lowest BCUT2D eigenvalue weighted by molar-refractivity contribution is -0.149. The number of carbonyl (C=O) groups is 1. The number of alkyl halides is 3. The lowest BCUT2D eigenvalue weighted by Gasteiger charge is -2.16. The van der Waals surface area contributed by atoms with Crippen LogP contribution in [0.5, 0.6) is 0 Å². The quantitative estimate of drug-likeness (QED) is 0.882. The number of aliphatic carboxylic acids is 1. The summed E-state index contributed by atoms with van der Waals surface area (Å²) in [7, 11) is 0. The van der Waals surface area contributed by atoms with Gasteiger partial charge in [0.25, 0.3) is 0 Å². The van der Waals surface area contributed by atoms with Crippen molar-refractivity contribution in [3.05, 3.63) is 33.8 Å². The Kier molecular flexibility index (Phi) is 3.59. The molecule has 1 unspecified atom stereocenters. The second kappa shape index (κ2) is 4.42. The summed E-state index contributed by atoms with van der Waals surface area (Å²) in [5.74, 6) is -1.73. The highest BCUT2D eigenvalue weighted by Crippen LogP contribution is 2.39. The summed E-state index contributed by atoms with van der Waals surface area (Å²) in [5, 5.41) is 17.6. The summed E-state index contributed by atoms with van der Waals surface area (Å²) in [6, 6.07) is 3.27. The van der Waals surface area contributed by atoms with Crippen molar-refractivity contribution < 1.29 is 28.2 Å². The minimum atomic E-state index is -4.73. The van der Waals surface area contributed by atoms with E-state index in [0.29, 0.717) is 0 Å². The molecule has 0 saturated heterocycles. The first kappa shape index (κ1) is 13.0. The number of aliphatic hydroxyl groups is 1. The summed E-state index contributed by atoms with van der Waals surface area (Å²) in [4.78, 5) is 10.5. The first-order chi connectivity index (χ1) is 7.25. The van der Waals surface area contributed by atoms with Crippen LogP contribution in [0, 0.1) is 0 Å². The van der Waals surface area contributed by atoms with Crippen molar-refractivity contribution in [3.8, 4) is 0 Å². The fraction of sp³-hybridized carbons (Fsp3) is 0.222. The van der Waals surface area contributed by atoms with Crippen LogP contribution in [-0.2, 0) is 11.0 Å². The Bertz CT molecular complexity index is 417. The maximum Gasteiger partial charge on any atom is 0.417 e. The average molecular weight is 299 g/mol. The van der Waals surface area contributed by atoms with Crippen LogP contribution >= 0.6 is 15.9 Å². The Morgan fingerprint density at radius 1 is 1.38 bits per heavy atom. The first-order valence-corrected chi connectivity index (χ1v) is 4.81. The fourth-order valence-corrected chi connectivity index (χ4v) is 1.81. The number of halogens is 4. The molecule has 0 saturated carbocycles. The van der Waals surface area contributed by atoms with Gasteiger partial charge in [0.1, 0.15) is 0 Å². The molecule has 88 valence electrons. The second-order valence-corrected chi connectivity index (χ2v) is 3.80. The number of benzene rings is 1. The zero-order valence-electron chi connectivity index (χ0n) is 7.62. The van der Waals surface area contributed by atoms with Crippen molar-refractivity contribution in [1.82, 2.24) is 0 Å². The standard InChI is InChI=1S/C9H6BrF3O3/c10-5-3-1-2-4(7(14)8(15)16)6(5)9(11,12)13/h1-3,7,14H,(H,15,16). The van der Waals surface area contributed by atoms with E-state index < -0.39 is 29.4 Å². The largest absolute Gasteiger partial charge is 0.479 e. The van der Waals surface area contributed by atoms with Crippen LogP contribution in [0.3, 0.4) is 0 Å². The fourth-order valence-electron chi connectivity index (χ4n) is 1.20. The molecule has 1 aromatic rings. The molecule has 2 N–H and O–H groups in total. The average Bonchev–Trinajstić information content (AvgIpc) is 2.14. The van der Waals surface area contributed by atoms with Crippen LogP contribution in [0.15, 0.2) is 22.7 Å². The molecule has 0 bridgehead atoms. The summed E-state index contributed by atoms with van der Waals surface area (Å²) in [5.41, 5.74) is -1.86. The van der Waals surface area contributed by atoms with Gasteiger partial charge in [-0.1, -0.05) is 28.1 Å². The van der Waals surface area contributed by atoms with Crippen molar-refractivity contribution in [1.29, 1.82) is 0 Å². The predicted molar refractivity (Wildman–Crippen MR) is 51.7 cm³/mol. The van der Waals surface area contributed by atoms with Crippen molar-refractivity contribution in [2.24, 2.45) is 0 Å². The molecule has 0 aliphatic carbocycles. The number of rotatable bonds is 2. The van der Waals surface area contributed by atoms with Crippen LogP contribution in [0.4, 0.5) is 13.2 Å². The van der Waals surface area contributed by atoms with Crippen LogP contribution in [0.1, 0.15) is 17.2 Å². The number of hydrogen-bond donors (Lipinski definition) is 2. The summed E-state index contributed by atoms with van der Waals surface area (Å²) >= 11 is 2.68. The van der Waals surface area contributed by atoms with Crippen molar-refractivity contribution in [2.45, 2.75) is 12.3 Å².